The first-order valence-electron chi connectivity index (χ1n) is 10.4. The molecular weight excluding hydrogens is 406 g/mol. The van der Waals surface area contributed by atoms with E-state index in [1.807, 2.05) is 36.4 Å². The molecule has 6 nitrogen and oxygen atoms in total. The zero-order valence-corrected chi connectivity index (χ0v) is 17.9. The van der Waals surface area contributed by atoms with Crippen molar-refractivity contribution in [2.45, 2.75) is 0 Å². The fourth-order valence-electron chi connectivity index (χ4n) is 3.88. The third-order valence-corrected chi connectivity index (χ3v) is 6.56. The van der Waals surface area contributed by atoms with Crippen molar-refractivity contribution < 1.29 is 4.79 Å². The first-order valence-corrected chi connectivity index (χ1v) is 11.2. The zero-order chi connectivity index (χ0) is 21.0. The molecule has 0 bridgehead atoms. The molecule has 3 heterocycles. The number of para-hydroxylation sites is 1. The number of benzene rings is 2. The van der Waals surface area contributed by atoms with Crippen molar-refractivity contribution in [3.63, 3.8) is 0 Å². The van der Waals surface area contributed by atoms with Crippen LogP contribution in [0.5, 0.6) is 0 Å². The van der Waals surface area contributed by atoms with Gasteiger partial charge in [0.1, 0.15) is 17.0 Å². The Labute approximate surface area is 185 Å². The maximum Gasteiger partial charge on any atom is 0.238 e. The summed E-state index contributed by atoms with van der Waals surface area (Å²) in [6.07, 6.45) is 1.66. The van der Waals surface area contributed by atoms with Crippen molar-refractivity contribution >= 4 is 39.0 Å². The van der Waals surface area contributed by atoms with E-state index < -0.39 is 0 Å². The van der Waals surface area contributed by atoms with Gasteiger partial charge in [-0.15, -0.1) is 11.3 Å². The van der Waals surface area contributed by atoms with Crippen LogP contribution in [0.15, 0.2) is 73.1 Å². The minimum absolute atomic E-state index is 0.0226. The minimum atomic E-state index is 0.0226. The maximum atomic E-state index is 12.4. The lowest BCUT2D eigenvalue weighted by molar-refractivity contribution is -0.117. The van der Waals surface area contributed by atoms with E-state index in [0.29, 0.717) is 6.54 Å². The average molecular weight is 430 g/mol. The Balaban J connectivity index is 1.25. The molecule has 7 heteroatoms. The summed E-state index contributed by atoms with van der Waals surface area (Å²) < 4.78 is 0. The molecule has 0 aliphatic carbocycles. The van der Waals surface area contributed by atoms with Gasteiger partial charge in [-0.25, -0.2) is 9.97 Å². The van der Waals surface area contributed by atoms with Gasteiger partial charge in [-0.3, -0.25) is 9.69 Å². The lowest BCUT2D eigenvalue weighted by Crippen LogP contribution is -2.49. The van der Waals surface area contributed by atoms with Crippen LogP contribution in [0.4, 0.5) is 11.5 Å². The lowest BCUT2D eigenvalue weighted by Gasteiger charge is -2.35. The van der Waals surface area contributed by atoms with Crippen LogP contribution in [-0.2, 0) is 4.79 Å². The van der Waals surface area contributed by atoms with Crippen LogP contribution in [0.2, 0.25) is 0 Å². The molecule has 1 saturated heterocycles. The molecule has 0 saturated carbocycles. The Morgan fingerprint density at radius 3 is 2.39 bits per heavy atom. The van der Waals surface area contributed by atoms with E-state index in [1.54, 1.807) is 17.7 Å². The number of carbonyl (C=O) groups excluding carboxylic acids is 1. The summed E-state index contributed by atoms with van der Waals surface area (Å²) in [4.78, 5) is 28.2. The van der Waals surface area contributed by atoms with Crippen LogP contribution in [0.25, 0.3) is 20.7 Å². The van der Waals surface area contributed by atoms with Crippen molar-refractivity contribution in [3.8, 4) is 10.4 Å². The van der Waals surface area contributed by atoms with Crippen LogP contribution in [0, 0.1) is 0 Å². The van der Waals surface area contributed by atoms with Gasteiger partial charge in [0.05, 0.1) is 11.9 Å². The van der Waals surface area contributed by atoms with Gasteiger partial charge in [-0.2, -0.15) is 0 Å². The van der Waals surface area contributed by atoms with Gasteiger partial charge in [0.25, 0.3) is 0 Å². The Morgan fingerprint density at radius 2 is 1.65 bits per heavy atom. The highest BCUT2D eigenvalue weighted by molar-refractivity contribution is 7.21. The van der Waals surface area contributed by atoms with Gasteiger partial charge in [-0.05, 0) is 23.8 Å². The second-order valence-electron chi connectivity index (χ2n) is 7.57. The smallest absolute Gasteiger partial charge is 0.238 e. The molecule has 1 aliphatic rings. The number of thiophene rings is 1. The molecular formula is C24H23N5OS. The third-order valence-electron chi connectivity index (χ3n) is 5.46. The molecule has 1 amide bonds. The molecule has 0 atom stereocenters. The number of hydrogen-bond acceptors (Lipinski definition) is 6. The number of rotatable bonds is 5. The predicted molar refractivity (Wildman–Crippen MR) is 127 cm³/mol. The van der Waals surface area contributed by atoms with E-state index >= 15 is 0 Å². The van der Waals surface area contributed by atoms with Gasteiger partial charge >= 0.3 is 0 Å². The Kier molecular flexibility index (Phi) is 5.60. The van der Waals surface area contributed by atoms with Crippen LogP contribution in [0.1, 0.15) is 0 Å². The van der Waals surface area contributed by atoms with Gasteiger partial charge in [0.15, 0.2) is 0 Å². The number of piperazine rings is 1. The summed E-state index contributed by atoms with van der Waals surface area (Å²) in [5.41, 5.74) is 2.03. The van der Waals surface area contributed by atoms with Gasteiger partial charge < -0.3 is 10.2 Å². The summed E-state index contributed by atoms with van der Waals surface area (Å²) >= 11 is 1.70. The Bertz CT molecular complexity index is 1170. The monoisotopic (exact) mass is 429 g/mol. The van der Waals surface area contributed by atoms with Crippen LogP contribution >= 0.6 is 11.3 Å². The molecule has 0 unspecified atom stereocenters. The zero-order valence-electron chi connectivity index (χ0n) is 17.1. The summed E-state index contributed by atoms with van der Waals surface area (Å²) in [6, 6.07) is 22.2. The summed E-state index contributed by atoms with van der Waals surface area (Å²) in [5.74, 6) is 1.01. The summed E-state index contributed by atoms with van der Waals surface area (Å²) in [5, 5.41) is 4.06. The van der Waals surface area contributed by atoms with Gasteiger partial charge in [0.2, 0.25) is 5.91 Å². The molecule has 4 aromatic rings. The standard InChI is InChI=1S/C24H23N5OS/c30-22(27-19-9-5-2-6-10-19)16-28-11-13-29(14-12-28)23-20-15-21(18-7-3-1-4-8-18)31-24(20)26-17-25-23/h1-10,15,17H,11-14,16H2,(H,27,30). The molecule has 1 fully saturated rings. The average Bonchev–Trinajstić information content (AvgIpc) is 3.25. The summed E-state index contributed by atoms with van der Waals surface area (Å²) in [6.45, 7) is 3.72. The minimum Gasteiger partial charge on any atom is -0.353 e. The van der Waals surface area contributed by atoms with Crippen LogP contribution < -0.4 is 10.2 Å². The highest BCUT2D eigenvalue weighted by atomic mass is 32.1. The highest BCUT2D eigenvalue weighted by Crippen LogP contribution is 2.36. The first-order chi connectivity index (χ1) is 15.3. The van der Waals surface area contributed by atoms with E-state index in [4.69, 9.17) is 0 Å². The quantitative estimate of drug-likeness (QED) is 0.517. The maximum absolute atomic E-state index is 12.4. The fraction of sp³-hybridized carbons (Fsp3) is 0.208. The molecule has 156 valence electrons. The lowest BCUT2D eigenvalue weighted by atomic mass is 10.2. The van der Waals surface area contributed by atoms with E-state index in [1.165, 1.54) is 10.4 Å². The number of fused-ring (bicyclic) bond motifs is 1. The fourth-order valence-corrected chi connectivity index (χ4v) is 4.88. The second kappa shape index (κ2) is 8.83. The normalized spacial score (nSPS) is 14.6. The van der Waals surface area contributed by atoms with Crippen molar-refractivity contribution in [1.82, 2.24) is 14.9 Å². The molecule has 31 heavy (non-hydrogen) atoms. The van der Waals surface area contributed by atoms with E-state index in [2.05, 4.69) is 55.4 Å². The van der Waals surface area contributed by atoms with Crippen molar-refractivity contribution in [3.05, 3.63) is 73.1 Å². The summed E-state index contributed by atoms with van der Waals surface area (Å²) in [7, 11) is 0. The number of carbonyl (C=O) groups is 1. The molecule has 0 radical (unpaired) electrons. The number of aromatic nitrogens is 2. The molecule has 1 N–H and O–H groups in total. The van der Waals surface area contributed by atoms with Crippen LogP contribution in [0.3, 0.4) is 0 Å². The van der Waals surface area contributed by atoms with E-state index in [9.17, 15) is 4.79 Å². The largest absolute Gasteiger partial charge is 0.353 e. The van der Waals surface area contributed by atoms with Crippen molar-refractivity contribution in [1.29, 1.82) is 0 Å². The van der Waals surface area contributed by atoms with Crippen molar-refractivity contribution in [2.24, 2.45) is 0 Å². The Morgan fingerprint density at radius 1 is 0.935 bits per heavy atom. The second-order valence-corrected chi connectivity index (χ2v) is 8.60. The topological polar surface area (TPSA) is 61.4 Å². The number of amides is 1. The molecule has 2 aromatic carbocycles. The molecule has 1 aliphatic heterocycles. The SMILES string of the molecule is O=C(CN1CCN(c2ncnc3sc(-c4ccccc4)cc23)CC1)Nc1ccccc1. The highest BCUT2D eigenvalue weighted by Gasteiger charge is 2.22. The number of nitrogens with zero attached hydrogens (tertiary/aromatic N) is 4. The van der Waals surface area contributed by atoms with E-state index in [-0.39, 0.29) is 5.91 Å². The Hall–Kier alpha value is -3.29. The molecule has 2 aromatic heterocycles. The molecule has 0 spiro atoms. The third kappa shape index (κ3) is 4.42. The predicted octanol–water partition coefficient (Wildman–Crippen LogP) is 4.12. The number of hydrogen-bond donors (Lipinski definition) is 1. The van der Waals surface area contributed by atoms with Crippen LogP contribution in [-0.4, -0.2) is 53.5 Å². The van der Waals surface area contributed by atoms with Crippen molar-refractivity contribution in [2.75, 3.05) is 42.9 Å². The van der Waals surface area contributed by atoms with Gasteiger partial charge in [0, 0.05) is 36.7 Å². The van der Waals surface area contributed by atoms with E-state index in [0.717, 1.165) is 47.9 Å². The van der Waals surface area contributed by atoms with Gasteiger partial charge in [-0.1, -0.05) is 48.5 Å². The molecule has 5 rings (SSSR count). The first kappa shape index (κ1) is 19.7. The number of anilines is 2. The number of nitrogens with one attached hydrogen (secondary N) is 1.